The zero-order valence-electron chi connectivity index (χ0n) is 12.9. The van der Waals surface area contributed by atoms with Gasteiger partial charge in [-0.2, -0.15) is 0 Å². The predicted octanol–water partition coefficient (Wildman–Crippen LogP) is 4.87. The summed E-state index contributed by atoms with van der Waals surface area (Å²) >= 11 is 0. The van der Waals surface area contributed by atoms with Gasteiger partial charge in [-0.25, -0.2) is 0 Å². The van der Waals surface area contributed by atoms with Crippen LogP contribution in [0.1, 0.15) is 59.8 Å². The van der Waals surface area contributed by atoms with Gasteiger partial charge in [-0.05, 0) is 36.5 Å². The van der Waals surface area contributed by atoms with Crippen molar-refractivity contribution in [2.75, 3.05) is 0 Å². The second-order valence-corrected chi connectivity index (χ2v) is 7.49. The van der Waals surface area contributed by atoms with Crippen LogP contribution >= 0.6 is 0 Å². The van der Waals surface area contributed by atoms with Gasteiger partial charge >= 0.3 is 0 Å². The topological polar surface area (TPSA) is 0 Å². The lowest BCUT2D eigenvalue weighted by molar-refractivity contribution is 0.522. The van der Waals surface area contributed by atoms with Crippen molar-refractivity contribution >= 4 is 14.6 Å². The van der Waals surface area contributed by atoms with E-state index < -0.39 is 0 Å². The molecule has 0 aromatic rings. The highest BCUT2D eigenvalue weighted by molar-refractivity contribution is 6.57. The molecule has 2 fully saturated rings. The van der Waals surface area contributed by atoms with Gasteiger partial charge in [0.25, 0.3) is 0 Å². The van der Waals surface area contributed by atoms with Gasteiger partial charge in [-0.15, -0.1) is 6.22 Å². The summed E-state index contributed by atoms with van der Waals surface area (Å²) in [6.07, 6.45) is 9.80. The molecule has 2 rings (SSSR count). The molecule has 0 amide bonds. The Balaban J connectivity index is 1.52. The van der Waals surface area contributed by atoms with E-state index in [0.29, 0.717) is 5.31 Å². The summed E-state index contributed by atoms with van der Waals surface area (Å²) in [5.74, 6) is 4.19. The van der Waals surface area contributed by atoms with E-state index in [-0.39, 0.29) is 0 Å². The lowest BCUT2D eigenvalue weighted by Gasteiger charge is -2.24. The van der Waals surface area contributed by atoms with E-state index in [0.717, 1.165) is 23.7 Å². The molecule has 0 spiro atoms. The van der Waals surface area contributed by atoms with Gasteiger partial charge in [0, 0.05) is 0 Å². The average molecular weight is 244 g/mol. The Morgan fingerprint density at radius 2 is 1.56 bits per heavy atom. The average Bonchev–Trinajstić information content (AvgIpc) is 3.20. The van der Waals surface area contributed by atoms with Crippen LogP contribution in [0, 0.1) is 23.7 Å². The zero-order chi connectivity index (χ0) is 13.2. The second kappa shape index (κ2) is 6.06. The fraction of sp³-hybridized carbons (Fsp3) is 1.00. The summed E-state index contributed by atoms with van der Waals surface area (Å²) < 4.78 is 0. The van der Waals surface area contributed by atoms with E-state index in [4.69, 9.17) is 0 Å². The molecule has 2 saturated carbocycles. The van der Waals surface area contributed by atoms with Crippen molar-refractivity contribution in [1.82, 2.24) is 0 Å². The molecule has 0 aromatic heterocycles. The smallest absolute Gasteiger partial charge is 0.106 e. The molecular formula is C16H30B2. The molecule has 0 nitrogen and oxygen atoms in total. The zero-order valence-corrected chi connectivity index (χ0v) is 12.9. The maximum atomic E-state index is 2.57. The normalized spacial score (nSPS) is 34.2. The summed E-state index contributed by atoms with van der Waals surface area (Å²) in [7, 11) is 5.10. The Hall–Kier alpha value is 0.130. The van der Waals surface area contributed by atoms with Crippen LogP contribution in [0.25, 0.3) is 0 Å². The van der Waals surface area contributed by atoms with Crippen molar-refractivity contribution < 1.29 is 0 Å². The van der Waals surface area contributed by atoms with Gasteiger partial charge in [0.2, 0.25) is 0 Å². The third-order valence-electron chi connectivity index (χ3n) is 5.28. The molecule has 2 aliphatic rings. The highest BCUT2D eigenvalue weighted by Crippen LogP contribution is 2.50. The van der Waals surface area contributed by atoms with Crippen LogP contribution in [0.15, 0.2) is 0 Å². The summed E-state index contributed by atoms with van der Waals surface area (Å²) in [6.45, 7) is 9.53. The third kappa shape index (κ3) is 4.35. The number of hydrogen-bond acceptors (Lipinski definition) is 0. The molecule has 0 bridgehead atoms. The monoisotopic (exact) mass is 244 g/mol. The van der Waals surface area contributed by atoms with Crippen LogP contribution in [-0.4, -0.2) is 14.6 Å². The first-order valence-corrected chi connectivity index (χ1v) is 8.21. The molecule has 0 aromatic carbocycles. The van der Waals surface area contributed by atoms with Crippen molar-refractivity contribution in [2.24, 2.45) is 23.7 Å². The Labute approximate surface area is 116 Å². The van der Waals surface area contributed by atoms with Crippen molar-refractivity contribution in [3.05, 3.63) is 0 Å². The minimum Gasteiger partial charge on any atom is -0.106 e. The largest absolute Gasteiger partial charge is 0.108 e. The molecule has 2 aliphatic carbocycles. The van der Waals surface area contributed by atoms with Crippen LogP contribution in [0.5, 0.6) is 0 Å². The highest BCUT2D eigenvalue weighted by atomic mass is 14.4. The van der Waals surface area contributed by atoms with Gasteiger partial charge < -0.3 is 0 Å². The third-order valence-corrected chi connectivity index (χ3v) is 5.28. The van der Waals surface area contributed by atoms with Crippen molar-refractivity contribution in [3.8, 4) is 0 Å². The minimum absolute atomic E-state index is 0.457. The van der Waals surface area contributed by atoms with E-state index in [9.17, 15) is 0 Å². The molecule has 0 aliphatic heterocycles. The van der Waals surface area contributed by atoms with Crippen molar-refractivity contribution in [1.29, 1.82) is 0 Å². The number of rotatable bonds is 9. The van der Waals surface area contributed by atoms with Gasteiger partial charge in [0.15, 0.2) is 0 Å². The van der Waals surface area contributed by atoms with Crippen LogP contribution < -0.4 is 0 Å². The van der Waals surface area contributed by atoms with Crippen molar-refractivity contribution in [2.45, 2.75) is 77.7 Å². The summed E-state index contributed by atoms with van der Waals surface area (Å²) in [6, 6.07) is 0. The van der Waals surface area contributed by atoms with E-state index in [2.05, 4.69) is 42.3 Å². The van der Waals surface area contributed by atoms with Crippen LogP contribution in [0.3, 0.4) is 0 Å². The van der Waals surface area contributed by atoms with E-state index in [1.54, 1.807) is 0 Å². The first-order valence-electron chi connectivity index (χ1n) is 8.21. The first-order chi connectivity index (χ1) is 8.55. The van der Waals surface area contributed by atoms with Gasteiger partial charge in [-0.1, -0.05) is 58.6 Å². The first kappa shape index (κ1) is 14.5. The Morgan fingerprint density at radius 3 is 2.11 bits per heavy atom. The maximum absolute atomic E-state index is 2.57. The molecule has 0 heterocycles. The Morgan fingerprint density at radius 1 is 0.944 bits per heavy atom. The lowest BCUT2D eigenvalue weighted by atomic mass is 9.41. The standard InChI is InChI=1S/C16H30B2/c1-5-12-7-14(12)9-16(3,4)18-11-17-10-15-8-13(15)6-2/h12-15H,5-11H2,1-4H3. The second-order valence-electron chi connectivity index (χ2n) is 7.49. The molecular weight excluding hydrogens is 214 g/mol. The minimum atomic E-state index is 0.457. The van der Waals surface area contributed by atoms with E-state index in [1.807, 2.05) is 0 Å². The van der Waals surface area contributed by atoms with Gasteiger partial charge in [0.1, 0.15) is 14.6 Å². The maximum Gasteiger partial charge on any atom is 0.108 e. The van der Waals surface area contributed by atoms with Gasteiger partial charge in [-0.3, -0.25) is 0 Å². The summed E-state index contributed by atoms with van der Waals surface area (Å²) in [5, 5.41) is 0.457. The molecule has 0 saturated heterocycles. The van der Waals surface area contributed by atoms with Crippen molar-refractivity contribution in [3.63, 3.8) is 0 Å². The van der Waals surface area contributed by atoms with E-state index >= 15 is 0 Å². The highest BCUT2D eigenvalue weighted by Gasteiger charge is 2.39. The lowest BCUT2D eigenvalue weighted by Crippen LogP contribution is -2.16. The van der Waals surface area contributed by atoms with Crippen LogP contribution in [0.2, 0.25) is 17.9 Å². The molecule has 4 unspecified atom stereocenters. The molecule has 100 valence electrons. The quantitative estimate of drug-likeness (QED) is 0.401. The predicted molar refractivity (Wildman–Crippen MR) is 83.6 cm³/mol. The Bertz CT molecular complexity index is 262. The molecule has 18 heavy (non-hydrogen) atoms. The molecule has 2 heteroatoms. The van der Waals surface area contributed by atoms with Crippen LogP contribution in [0.4, 0.5) is 0 Å². The van der Waals surface area contributed by atoms with E-state index in [1.165, 1.54) is 44.6 Å². The fourth-order valence-corrected chi connectivity index (χ4v) is 3.63. The summed E-state index contributed by atoms with van der Waals surface area (Å²) in [4.78, 5) is 0. The molecule has 2 radical (unpaired) electrons. The molecule has 0 N–H and O–H groups in total. The van der Waals surface area contributed by atoms with Gasteiger partial charge in [0.05, 0.1) is 0 Å². The summed E-state index contributed by atoms with van der Waals surface area (Å²) in [5.41, 5.74) is 0. The fourth-order valence-electron chi connectivity index (χ4n) is 3.63. The Kier molecular flexibility index (Phi) is 4.89. The van der Waals surface area contributed by atoms with Crippen LogP contribution in [-0.2, 0) is 0 Å². The SMILES string of the molecule is CCC1CC1C[B]C[B]C(C)(C)CC1CC1CC. The number of hydrogen-bond donors (Lipinski definition) is 0. The molecule has 4 atom stereocenters.